The minimum atomic E-state index is -4.76. The second-order valence-corrected chi connectivity index (χ2v) is 8.77. The minimum absolute atomic E-state index is 0.0201. The lowest BCUT2D eigenvalue weighted by Crippen LogP contribution is -2.44. The molecule has 1 aliphatic heterocycles. The number of halogens is 3. The van der Waals surface area contributed by atoms with Gasteiger partial charge in [-0.15, -0.1) is 0 Å². The van der Waals surface area contributed by atoms with E-state index in [0.29, 0.717) is 6.07 Å². The summed E-state index contributed by atoms with van der Waals surface area (Å²) >= 11 is 0. The molecule has 0 saturated carbocycles. The molecule has 32 heavy (non-hydrogen) atoms. The fourth-order valence-corrected chi connectivity index (χ4v) is 4.71. The van der Waals surface area contributed by atoms with E-state index in [4.69, 9.17) is 4.74 Å². The van der Waals surface area contributed by atoms with Gasteiger partial charge < -0.3 is 14.6 Å². The van der Waals surface area contributed by atoms with Crippen LogP contribution in [0.15, 0.2) is 47.4 Å². The molecule has 2 aromatic carbocycles. The average molecular weight is 473 g/mol. The van der Waals surface area contributed by atoms with Crippen LogP contribution >= 0.6 is 0 Å². The molecule has 0 fully saturated rings. The number of benzene rings is 2. The van der Waals surface area contributed by atoms with Crippen LogP contribution in [0.25, 0.3) is 0 Å². The van der Waals surface area contributed by atoms with Crippen LogP contribution in [0.2, 0.25) is 0 Å². The molecule has 0 bridgehead atoms. The normalized spacial score (nSPS) is 16.1. The molecule has 172 valence electrons. The third kappa shape index (κ3) is 4.79. The number of carboxylic acid groups (broad SMARTS) is 1. The van der Waals surface area contributed by atoms with Crippen molar-refractivity contribution in [2.45, 2.75) is 30.0 Å². The zero-order valence-electron chi connectivity index (χ0n) is 16.6. The molecule has 1 atom stereocenters. The van der Waals surface area contributed by atoms with Crippen molar-refractivity contribution in [2.24, 2.45) is 0 Å². The average Bonchev–Trinajstić information content (AvgIpc) is 2.75. The summed E-state index contributed by atoms with van der Waals surface area (Å²) < 4.78 is 77.0. The first-order chi connectivity index (χ1) is 14.9. The summed E-state index contributed by atoms with van der Waals surface area (Å²) in [6, 6.07) is 6.78. The second-order valence-electron chi connectivity index (χ2n) is 6.90. The number of hydrogen-bond donors (Lipinski definition) is 1. The second kappa shape index (κ2) is 8.69. The Labute approximate surface area is 181 Å². The SMILES string of the molecule is COC(=O)CC[C@H]1CN(S(=O)(=O)c2cccc(C(F)(F)F)c2)c2cc(C(=O)O)ccc2O1. The first kappa shape index (κ1) is 23.4. The number of methoxy groups -OCH3 is 1. The van der Waals surface area contributed by atoms with E-state index in [-0.39, 0.29) is 36.4 Å². The minimum Gasteiger partial charge on any atom is -0.486 e. The lowest BCUT2D eigenvalue weighted by atomic mass is 10.1. The fourth-order valence-electron chi connectivity index (χ4n) is 3.16. The van der Waals surface area contributed by atoms with Crippen LogP contribution in [0.5, 0.6) is 5.75 Å². The first-order valence-corrected chi connectivity index (χ1v) is 10.7. The molecule has 0 aromatic heterocycles. The lowest BCUT2D eigenvalue weighted by Gasteiger charge is -2.35. The molecule has 0 radical (unpaired) electrons. The van der Waals surface area contributed by atoms with Crippen LogP contribution < -0.4 is 9.04 Å². The smallest absolute Gasteiger partial charge is 0.416 e. The Morgan fingerprint density at radius 3 is 2.56 bits per heavy atom. The number of ether oxygens (including phenoxy) is 2. The van der Waals surface area contributed by atoms with Gasteiger partial charge in [-0.25, -0.2) is 13.2 Å². The Morgan fingerprint density at radius 2 is 1.94 bits per heavy atom. The van der Waals surface area contributed by atoms with Crippen molar-refractivity contribution >= 4 is 27.6 Å². The Balaban J connectivity index is 2.06. The number of nitrogens with zero attached hydrogens (tertiary/aromatic N) is 1. The Morgan fingerprint density at radius 1 is 1.22 bits per heavy atom. The molecular weight excluding hydrogens is 455 g/mol. The highest BCUT2D eigenvalue weighted by Crippen LogP contribution is 2.39. The number of rotatable bonds is 6. The quantitative estimate of drug-likeness (QED) is 0.641. The Hall–Kier alpha value is -3.28. The van der Waals surface area contributed by atoms with E-state index < -0.39 is 44.7 Å². The van der Waals surface area contributed by atoms with Crippen molar-refractivity contribution in [1.82, 2.24) is 0 Å². The predicted molar refractivity (Wildman–Crippen MR) is 105 cm³/mol. The van der Waals surface area contributed by atoms with Crippen LogP contribution in [0, 0.1) is 0 Å². The maximum Gasteiger partial charge on any atom is 0.416 e. The topological polar surface area (TPSA) is 110 Å². The number of carboxylic acids is 1. The van der Waals surface area contributed by atoms with Crippen molar-refractivity contribution in [3.8, 4) is 5.75 Å². The summed E-state index contributed by atoms with van der Waals surface area (Å²) in [7, 11) is -3.34. The summed E-state index contributed by atoms with van der Waals surface area (Å²) in [4.78, 5) is 22.2. The van der Waals surface area contributed by atoms with Gasteiger partial charge in [0, 0.05) is 6.42 Å². The highest BCUT2D eigenvalue weighted by Gasteiger charge is 2.37. The van der Waals surface area contributed by atoms with E-state index in [1.165, 1.54) is 19.2 Å². The molecule has 1 aliphatic rings. The summed E-state index contributed by atoms with van der Waals surface area (Å²) in [6.07, 6.45) is -5.59. The molecule has 0 unspecified atom stereocenters. The molecular formula is C20H18F3NO7S. The number of alkyl halides is 3. The zero-order valence-corrected chi connectivity index (χ0v) is 17.4. The molecule has 2 aromatic rings. The van der Waals surface area contributed by atoms with Gasteiger partial charge in [-0.2, -0.15) is 13.2 Å². The van der Waals surface area contributed by atoms with E-state index in [0.717, 1.165) is 28.6 Å². The number of hydrogen-bond acceptors (Lipinski definition) is 6. The fraction of sp³-hybridized carbons (Fsp3) is 0.300. The predicted octanol–water partition coefficient (Wildman–Crippen LogP) is 3.31. The van der Waals surface area contributed by atoms with Crippen LogP contribution in [0.1, 0.15) is 28.8 Å². The van der Waals surface area contributed by atoms with Gasteiger partial charge in [0.2, 0.25) is 0 Å². The zero-order chi connectivity index (χ0) is 23.7. The number of sulfonamides is 1. The van der Waals surface area contributed by atoms with Crippen LogP contribution in [0.3, 0.4) is 0 Å². The maximum absolute atomic E-state index is 13.3. The van der Waals surface area contributed by atoms with Gasteiger partial charge in [0.1, 0.15) is 11.9 Å². The van der Waals surface area contributed by atoms with Crippen molar-refractivity contribution in [2.75, 3.05) is 18.0 Å². The standard InChI is InChI=1S/C20H18F3NO7S/c1-30-18(25)8-6-14-11-24(16-9-12(19(26)27)5-7-17(16)31-14)32(28,29)15-4-2-3-13(10-15)20(21,22)23/h2-5,7,9-10,14H,6,8,11H2,1H3,(H,26,27)/t14-/m0/s1. The number of anilines is 1. The first-order valence-electron chi connectivity index (χ1n) is 9.24. The molecule has 0 saturated heterocycles. The monoisotopic (exact) mass is 473 g/mol. The summed E-state index contributed by atoms with van der Waals surface area (Å²) in [5, 5.41) is 9.26. The number of carbonyl (C=O) groups excluding carboxylic acids is 1. The maximum atomic E-state index is 13.3. The largest absolute Gasteiger partial charge is 0.486 e. The van der Waals surface area contributed by atoms with E-state index in [2.05, 4.69) is 4.74 Å². The molecule has 1 N–H and O–H groups in total. The number of fused-ring (bicyclic) bond motifs is 1. The van der Waals surface area contributed by atoms with Gasteiger partial charge in [0.25, 0.3) is 10.0 Å². The molecule has 1 heterocycles. The third-order valence-corrected chi connectivity index (χ3v) is 6.56. The van der Waals surface area contributed by atoms with Gasteiger partial charge in [-0.05, 0) is 42.8 Å². The van der Waals surface area contributed by atoms with E-state index in [1.54, 1.807) is 0 Å². The molecule has 3 rings (SSSR count). The van der Waals surface area contributed by atoms with Crippen molar-refractivity contribution in [3.63, 3.8) is 0 Å². The summed E-state index contributed by atoms with van der Waals surface area (Å²) in [6.45, 7) is -0.342. The van der Waals surface area contributed by atoms with E-state index >= 15 is 0 Å². The van der Waals surface area contributed by atoms with Crippen molar-refractivity contribution in [1.29, 1.82) is 0 Å². The van der Waals surface area contributed by atoms with Gasteiger partial charge >= 0.3 is 18.1 Å². The molecule has 8 nitrogen and oxygen atoms in total. The highest BCUT2D eigenvalue weighted by molar-refractivity contribution is 7.92. The van der Waals surface area contributed by atoms with Crippen LogP contribution in [-0.4, -0.2) is 45.2 Å². The highest BCUT2D eigenvalue weighted by atomic mass is 32.2. The lowest BCUT2D eigenvalue weighted by molar-refractivity contribution is -0.141. The number of carbonyl (C=O) groups is 2. The molecule has 0 spiro atoms. The van der Waals surface area contributed by atoms with Gasteiger partial charge in [0.05, 0.1) is 35.4 Å². The molecule has 0 aliphatic carbocycles. The number of esters is 1. The van der Waals surface area contributed by atoms with Crippen LogP contribution in [0.4, 0.5) is 18.9 Å². The Bertz CT molecular complexity index is 1150. The summed E-state index contributed by atoms with van der Waals surface area (Å²) in [5.74, 6) is -1.85. The van der Waals surface area contributed by atoms with Crippen molar-refractivity contribution < 1.29 is 45.8 Å². The molecule has 0 amide bonds. The van der Waals surface area contributed by atoms with Gasteiger partial charge in [0.15, 0.2) is 0 Å². The summed E-state index contributed by atoms with van der Waals surface area (Å²) in [5.41, 5.74) is -1.50. The number of aromatic carboxylic acids is 1. The molecule has 12 heteroatoms. The Kier molecular flexibility index (Phi) is 6.35. The van der Waals surface area contributed by atoms with Gasteiger partial charge in [-0.1, -0.05) is 6.07 Å². The van der Waals surface area contributed by atoms with E-state index in [9.17, 15) is 36.3 Å². The van der Waals surface area contributed by atoms with E-state index in [1.807, 2.05) is 0 Å². The van der Waals surface area contributed by atoms with Crippen molar-refractivity contribution in [3.05, 3.63) is 53.6 Å². The van der Waals surface area contributed by atoms with Crippen LogP contribution in [-0.2, 0) is 25.7 Å². The third-order valence-electron chi connectivity index (χ3n) is 4.79. The van der Waals surface area contributed by atoms with Gasteiger partial charge in [-0.3, -0.25) is 9.10 Å².